The summed E-state index contributed by atoms with van der Waals surface area (Å²) in [5.41, 5.74) is 0. The molecule has 1 aliphatic rings. The predicted molar refractivity (Wildman–Crippen MR) is 164 cm³/mol. The second kappa shape index (κ2) is 19.8. The lowest BCUT2D eigenvalue weighted by Gasteiger charge is -2.29. The van der Waals surface area contributed by atoms with Crippen molar-refractivity contribution in [3.8, 4) is 0 Å². The molecular formula is C29H46N6O13. The smallest absolute Gasteiger partial charge is 0.326 e. The topological polar surface area (TPSA) is 307 Å². The van der Waals surface area contributed by atoms with Crippen LogP contribution in [0.25, 0.3) is 0 Å². The Hall–Kier alpha value is -4.81. The van der Waals surface area contributed by atoms with Gasteiger partial charge >= 0.3 is 23.9 Å². The third-order valence-corrected chi connectivity index (χ3v) is 7.42. The van der Waals surface area contributed by atoms with E-state index in [0.29, 0.717) is 13.0 Å². The fourth-order valence-corrected chi connectivity index (χ4v) is 4.73. The van der Waals surface area contributed by atoms with Crippen LogP contribution in [0.4, 0.5) is 0 Å². The monoisotopic (exact) mass is 686 g/mol. The molecule has 0 bridgehead atoms. The summed E-state index contributed by atoms with van der Waals surface area (Å²) in [5.74, 6) is -11.3. The number of carboxylic acid groups (broad SMARTS) is 4. The highest BCUT2D eigenvalue weighted by Crippen LogP contribution is 2.11. The van der Waals surface area contributed by atoms with Crippen LogP contribution in [-0.4, -0.2) is 117 Å². The van der Waals surface area contributed by atoms with E-state index in [2.05, 4.69) is 26.6 Å². The van der Waals surface area contributed by atoms with Crippen molar-refractivity contribution in [1.29, 1.82) is 0 Å². The zero-order valence-corrected chi connectivity index (χ0v) is 27.2. The Labute approximate surface area is 276 Å². The Morgan fingerprint density at radius 3 is 1.52 bits per heavy atom. The van der Waals surface area contributed by atoms with Crippen LogP contribution in [-0.2, 0) is 43.2 Å². The van der Waals surface area contributed by atoms with Crippen LogP contribution < -0.4 is 31.9 Å². The molecule has 270 valence electrons. The molecule has 19 nitrogen and oxygen atoms in total. The Balaban J connectivity index is 3.17. The summed E-state index contributed by atoms with van der Waals surface area (Å²) in [6.45, 7) is 7.20. The molecule has 1 saturated heterocycles. The first-order valence-electron chi connectivity index (χ1n) is 15.5. The number of amides is 5. The van der Waals surface area contributed by atoms with E-state index < -0.39 is 122 Å². The Morgan fingerprint density at radius 2 is 1.06 bits per heavy atom. The van der Waals surface area contributed by atoms with Crippen LogP contribution in [0.5, 0.6) is 0 Å². The number of hydrogen-bond donors (Lipinski definition) is 10. The van der Waals surface area contributed by atoms with Gasteiger partial charge in [0.2, 0.25) is 29.5 Å². The molecule has 0 spiro atoms. The van der Waals surface area contributed by atoms with Gasteiger partial charge in [0.25, 0.3) is 0 Å². The van der Waals surface area contributed by atoms with Crippen LogP contribution in [0, 0.1) is 11.8 Å². The van der Waals surface area contributed by atoms with E-state index in [-0.39, 0.29) is 11.8 Å². The van der Waals surface area contributed by atoms with E-state index >= 15 is 0 Å². The van der Waals surface area contributed by atoms with Crippen molar-refractivity contribution in [2.75, 3.05) is 6.54 Å². The average molecular weight is 687 g/mol. The zero-order chi connectivity index (χ0) is 36.7. The first-order valence-corrected chi connectivity index (χ1v) is 15.5. The molecule has 48 heavy (non-hydrogen) atoms. The quantitative estimate of drug-likeness (QED) is 0.0611. The molecule has 6 atom stereocenters. The fraction of sp³-hybridized carbons (Fsp3) is 0.690. The molecule has 0 aliphatic carbocycles. The van der Waals surface area contributed by atoms with Gasteiger partial charge in [-0.2, -0.15) is 0 Å². The van der Waals surface area contributed by atoms with Crippen LogP contribution in [0.15, 0.2) is 0 Å². The van der Waals surface area contributed by atoms with E-state index in [9.17, 15) is 58.5 Å². The minimum atomic E-state index is -1.91. The Morgan fingerprint density at radius 1 is 0.604 bits per heavy atom. The SMILES string of the molecule is CC(C)[C@H](NC(=O)[C@@H]1CCCN1)C(=O)N[C@H](C(=O)N[C@@H](CCC(=O)O)C(=O)N[C@@H](CC(=O)O)C(=O)N[C@@H](CCC(=O)O)C(=O)O)C(C)C. The van der Waals surface area contributed by atoms with Crippen molar-refractivity contribution in [3.63, 3.8) is 0 Å². The van der Waals surface area contributed by atoms with Crippen LogP contribution in [0.1, 0.15) is 72.6 Å². The highest BCUT2D eigenvalue weighted by Gasteiger charge is 2.35. The average Bonchev–Trinajstić information content (AvgIpc) is 3.52. The highest BCUT2D eigenvalue weighted by molar-refractivity contribution is 5.97. The number of hydrogen-bond acceptors (Lipinski definition) is 10. The summed E-state index contributed by atoms with van der Waals surface area (Å²) < 4.78 is 0. The Kier molecular flexibility index (Phi) is 17.0. The zero-order valence-electron chi connectivity index (χ0n) is 27.2. The van der Waals surface area contributed by atoms with Gasteiger partial charge in [0.15, 0.2) is 0 Å². The number of aliphatic carboxylic acids is 4. The van der Waals surface area contributed by atoms with Crippen molar-refractivity contribution in [1.82, 2.24) is 31.9 Å². The molecule has 1 aliphatic heterocycles. The number of carbonyl (C=O) groups is 9. The normalized spacial score (nSPS) is 17.2. The van der Waals surface area contributed by atoms with Gasteiger partial charge in [0, 0.05) is 12.8 Å². The van der Waals surface area contributed by atoms with Gasteiger partial charge in [0.05, 0.1) is 12.5 Å². The molecule has 1 heterocycles. The van der Waals surface area contributed by atoms with E-state index in [1.54, 1.807) is 27.7 Å². The first-order chi connectivity index (χ1) is 22.3. The summed E-state index contributed by atoms with van der Waals surface area (Å²) in [7, 11) is 0. The third-order valence-electron chi connectivity index (χ3n) is 7.42. The number of rotatable bonds is 21. The number of carbonyl (C=O) groups excluding carboxylic acids is 5. The minimum Gasteiger partial charge on any atom is -0.481 e. The molecule has 0 saturated carbocycles. The molecule has 0 aromatic rings. The van der Waals surface area contributed by atoms with Gasteiger partial charge in [0.1, 0.15) is 30.2 Å². The molecule has 0 radical (unpaired) electrons. The number of carboxylic acids is 4. The summed E-state index contributed by atoms with van der Waals surface area (Å²) >= 11 is 0. The van der Waals surface area contributed by atoms with E-state index in [1.807, 2.05) is 5.32 Å². The van der Waals surface area contributed by atoms with Gasteiger partial charge in [-0.25, -0.2) is 4.79 Å². The summed E-state index contributed by atoms with van der Waals surface area (Å²) in [4.78, 5) is 111. The van der Waals surface area contributed by atoms with Gasteiger partial charge in [-0.05, 0) is 44.1 Å². The fourth-order valence-electron chi connectivity index (χ4n) is 4.73. The molecule has 10 N–H and O–H groups in total. The largest absolute Gasteiger partial charge is 0.481 e. The highest BCUT2D eigenvalue weighted by atomic mass is 16.4. The van der Waals surface area contributed by atoms with Crippen molar-refractivity contribution in [2.45, 2.75) is 109 Å². The van der Waals surface area contributed by atoms with Crippen LogP contribution >= 0.6 is 0 Å². The van der Waals surface area contributed by atoms with Crippen molar-refractivity contribution >= 4 is 53.4 Å². The predicted octanol–water partition coefficient (Wildman–Crippen LogP) is -2.24. The van der Waals surface area contributed by atoms with E-state index in [4.69, 9.17) is 5.11 Å². The molecule has 0 unspecified atom stereocenters. The lowest BCUT2D eigenvalue weighted by molar-refractivity contribution is -0.144. The van der Waals surface area contributed by atoms with Gasteiger partial charge < -0.3 is 52.3 Å². The molecule has 5 amide bonds. The van der Waals surface area contributed by atoms with Gasteiger partial charge in [-0.1, -0.05) is 27.7 Å². The third kappa shape index (κ3) is 14.3. The molecule has 19 heteroatoms. The second-order valence-electron chi connectivity index (χ2n) is 12.1. The summed E-state index contributed by atoms with van der Waals surface area (Å²) in [6, 6.07) is -8.09. The van der Waals surface area contributed by atoms with Crippen LogP contribution in [0.3, 0.4) is 0 Å². The second-order valence-corrected chi connectivity index (χ2v) is 12.1. The summed E-state index contributed by atoms with van der Waals surface area (Å²) in [6.07, 6.45) is -2.04. The maximum absolute atomic E-state index is 13.4. The first kappa shape index (κ1) is 41.2. The van der Waals surface area contributed by atoms with Crippen LogP contribution in [0.2, 0.25) is 0 Å². The van der Waals surface area contributed by atoms with Gasteiger partial charge in [-0.3, -0.25) is 38.4 Å². The van der Waals surface area contributed by atoms with Crippen molar-refractivity contribution in [3.05, 3.63) is 0 Å². The van der Waals surface area contributed by atoms with Crippen molar-refractivity contribution < 1.29 is 63.6 Å². The summed E-state index contributed by atoms with van der Waals surface area (Å²) in [5, 5.41) is 51.4. The molecule has 1 rings (SSSR count). The van der Waals surface area contributed by atoms with E-state index in [1.165, 1.54) is 0 Å². The molecule has 0 aromatic carbocycles. The molecule has 0 aromatic heterocycles. The van der Waals surface area contributed by atoms with Gasteiger partial charge in [-0.15, -0.1) is 0 Å². The lowest BCUT2D eigenvalue weighted by Crippen LogP contribution is -2.61. The lowest BCUT2D eigenvalue weighted by atomic mass is 9.98. The standard InChI is InChI=1S/C29H46N6O13/c1-13(2)22(35-28(46)23(14(3)4)34-24(42)15-6-5-11-30-15)27(45)31-16(7-9-19(36)37)25(43)33-18(12-21(40)41)26(44)32-17(29(47)48)8-10-20(38)39/h13-18,22-23,30H,5-12H2,1-4H3,(H,31,45)(H,32,44)(H,33,43)(H,34,42)(H,35,46)(H,36,37)(H,38,39)(H,40,41)(H,47,48)/t15-,16-,17-,18-,22-,23-/m0/s1. The maximum Gasteiger partial charge on any atom is 0.326 e. The minimum absolute atomic E-state index is 0.381. The van der Waals surface area contributed by atoms with E-state index in [0.717, 1.165) is 6.42 Å². The van der Waals surface area contributed by atoms with Crippen molar-refractivity contribution in [2.24, 2.45) is 11.8 Å². The molecule has 1 fully saturated rings. The maximum atomic E-state index is 13.4. The number of nitrogens with one attached hydrogen (secondary N) is 6. The Bertz CT molecular complexity index is 1220. The molecular weight excluding hydrogens is 640 g/mol.